The lowest BCUT2D eigenvalue weighted by atomic mass is 10.1. The second-order valence-electron chi connectivity index (χ2n) is 4.72. The summed E-state index contributed by atoms with van der Waals surface area (Å²) in [5, 5.41) is 17.1. The molecule has 0 aliphatic heterocycles. The maximum Gasteiger partial charge on any atom is 0.259 e. The Balaban J connectivity index is 1.82. The normalized spacial score (nSPS) is 10.6. The molecule has 0 radical (unpaired) electrons. The zero-order valence-electron chi connectivity index (χ0n) is 12.0. The van der Waals surface area contributed by atoms with Crippen LogP contribution in [0.15, 0.2) is 47.6 Å². The zero-order chi connectivity index (χ0) is 15.9. The van der Waals surface area contributed by atoms with Gasteiger partial charge in [0.15, 0.2) is 0 Å². The van der Waals surface area contributed by atoms with E-state index in [9.17, 15) is 9.90 Å². The number of aromatic hydroxyl groups is 1. The smallest absolute Gasteiger partial charge is 0.259 e. The molecule has 2 aromatic carbocycles. The summed E-state index contributed by atoms with van der Waals surface area (Å²) in [5.74, 6) is -0.171. The molecule has 0 atom stereocenters. The molecule has 0 aromatic heterocycles. The van der Waals surface area contributed by atoms with E-state index in [1.54, 1.807) is 36.4 Å². The van der Waals surface area contributed by atoms with Gasteiger partial charge in [0, 0.05) is 16.3 Å². The molecule has 0 unspecified atom stereocenters. The van der Waals surface area contributed by atoms with Gasteiger partial charge in [-0.2, -0.15) is 5.10 Å². The van der Waals surface area contributed by atoms with Crippen LogP contribution in [0.3, 0.4) is 0 Å². The number of phenolic OH excluding ortho intramolecular Hbond substituents is 1. The Bertz CT molecular complexity index is 684. The minimum atomic E-state index is -0.294. The molecule has 0 aliphatic carbocycles. The minimum absolute atomic E-state index is 0.0822. The summed E-state index contributed by atoms with van der Waals surface area (Å²) in [7, 11) is 0. The van der Waals surface area contributed by atoms with Crippen molar-refractivity contribution in [3.05, 3.63) is 58.6 Å². The third-order valence-corrected chi connectivity index (χ3v) is 3.13. The van der Waals surface area contributed by atoms with E-state index in [1.807, 2.05) is 13.0 Å². The van der Waals surface area contributed by atoms with Gasteiger partial charge >= 0.3 is 0 Å². The summed E-state index contributed by atoms with van der Waals surface area (Å²) in [4.78, 5) is 11.6. The number of hydrogen-bond acceptors (Lipinski definition) is 4. The number of aryl methyl sites for hydroxylation is 1. The molecule has 3 N–H and O–H groups in total. The quantitative estimate of drug-likeness (QED) is 0.586. The summed E-state index contributed by atoms with van der Waals surface area (Å²) >= 11 is 5.78. The van der Waals surface area contributed by atoms with Crippen LogP contribution in [0.4, 0.5) is 5.69 Å². The van der Waals surface area contributed by atoms with Gasteiger partial charge in [0.25, 0.3) is 5.91 Å². The van der Waals surface area contributed by atoms with Crippen molar-refractivity contribution in [3.8, 4) is 5.75 Å². The highest BCUT2D eigenvalue weighted by molar-refractivity contribution is 6.30. The highest BCUT2D eigenvalue weighted by atomic mass is 35.5. The van der Waals surface area contributed by atoms with Crippen LogP contribution in [0.1, 0.15) is 11.1 Å². The van der Waals surface area contributed by atoms with Crippen LogP contribution >= 0.6 is 11.6 Å². The van der Waals surface area contributed by atoms with Gasteiger partial charge in [-0.3, -0.25) is 4.79 Å². The van der Waals surface area contributed by atoms with Crippen molar-refractivity contribution in [1.82, 2.24) is 5.43 Å². The predicted octanol–water partition coefficient (Wildman–Crippen LogP) is 2.92. The molecule has 114 valence electrons. The van der Waals surface area contributed by atoms with Crippen LogP contribution in [-0.4, -0.2) is 23.8 Å². The number of benzene rings is 2. The van der Waals surface area contributed by atoms with Gasteiger partial charge in [0.1, 0.15) is 5.75 Å². The number of rotatable bonds is 5. The molecule has 0 aliphatic rings. The van der Waals surface area contributed by atoms with Crippen LogP contribution < -0.4 is 10.7 Å². The van der Waals surface area contributed by atoms with Gasteiger partial charge in [0.2, 0.25) is 0 Å². The van der Waals surface area contributed by atoms with Gasteiger partial charge in [-0.05, 0) is 48.9 Å². The van der Waals surface area contributed by atoms with Gasteiger partial charge < -0.3 is 10.4 Å². The molecule has 0 bridgehead atoms. The summed E-state index contributed by atoms with van der Waals surface area (Å²) < 4.78 is 0. The van der Waals surface area contributed by atoms with Crippen molar-refractivity contribution < 1.29 is 9.90 Å². The largest absolute Gasteiger partial charge is 0.507 e. The molecule has 5 nitrogen and oxygen atoms in total. The molecule has 2 rings (SSSR count). The van der Waals surface area contributed by atoms with E-state index in [-0.39, 0.29) is 18.2 Å². The number of halogens is 1. The van der Waals surface area contributed by atoms with E-state index in [1.165, 1.54) is 6.21 Å². The lowest BCUT2D eigenvalue weighted by molar-refractivity contribution is -0.119. The Hall–Kier alpha value is -2.53. The molecule has 0 saturated carbocycles. The standard InChI is InChI=1S/C16H16ClN3O2/c1-11-2-3-12(15(21)8-11)9-19-20-16(22)10-18-14-6-4-13(17)5-7-14/h2-9,18,21H,10H2,1H3,(H,20,22)/b19-9+. The van der Waals surface area contributed by atoms with Crippen molar-refractivity contribution in [1.29, 1.82) is 0 Å². The molecule has 2 aromatic rings. The third-order valence-electron chi connectivity index (χ3n) is 2.88. The number of nitrogens with one attached hydrogen (secondary N) is 2. The number of carbonyl (C=O) groups is 1. The van der Waals surface area contributed by atoms with Crippen molar-refractivity contribution in [2.45, 2.75) is 6.92 Å². The summed E-state index contributed by atoms with van der Waals surface area (Å²) in [6.45, 7) is 1.96. The van der Waals surface area contributed by atoms with E-state index < -0.39 is 0 Å². The van der Waals surface area contributed by atoms with Crippen LogP contribution in [0, 0.1) is 6.92 Å². The third kappa shape index (κ3) is 4.79. The van der Waals surface area contributed by atoms with Crippen LogP contribution in [0.25, 0.3) is 0 Å². The minimum Gasteiger partial charge on any atom is -0.507 e. The van der Waals surface area contributed by atoms with E-state index in [0.717, 1.165) is 11.3 Å². The molecule has 0 spiro atoms. The van der Waals surface area contributed by atoms with E-state index in [0.29, 0.717) is 10.6 Å². The monoisotopic (exact) mass is 317 g/mol. The van der Waals surface area contributed by atoms with Crippen molar-refractivity contribution in [2.75, 3.05) is 11.9 Å². The number of carbonyl (C=O) groups excluding carboxylic acids is 1. The highest BCUT2D eigenvalue weighted by Crippen LogP contribution is 2.16. The summed E-state index contributed by atoms with van der Waals surface area (Å²) in [6.07, 6.45) is 1.40. The average molecular weight is 318 g/mol. The second-order valence-corrected chi connectivity index (χ2v) is 5.15. The van der Waals surface area contributed by atoms with Crippen molar-refractivity contribution >= 4 is 29.4 Å². The van der Waals surface area contributed by atoms with E-state index in [4.69, 9.17) is 11.6 Å². The number of hydrazone groups is 1. The van der Waals surface area contributed by atoms with Crippen LogP contribution in [0.5, 0.6) is 5.75 Å². The number of amides is 1. The lowest BCUT2D eigenvalue weighted by Crippen LogP contribution is -2.25. The zero-order valence-corrected chi connectivity index (χ0v) is 12.8. The molecule has 0 fully saturated rings. The molecule has 22 heavy (non-hydrogen) atoms. The Morgan fingerprint density at radius 3 is 2.68 bits per heavy atom. The SMILES string of the molecule is Cc1ccc(/C=N/NC(=O)CNc2ccc(Cl)cc2)c(O)c1. The summed E-state index contributed by atoms with van der Waals surface area (Å²) in [5.41, 5.74) is 4.67. The predicted molar refractivity (Wildman–Crippen MR) is 88.5 cm³/mol. The Morgan fingerprint density at radius 1 is 1.27 bits per heavy atom. The molecular formula is C16H16ClN3O2. The van der Waals surface area contributed by atoms with E-state index >= 15 is 0 Å². The fourth-order valence-electron chi connectivity index (χ4n) is 1.73. The Morgan fingerprint density at radius 2 is 2.00 bits per heavy atom. The molecule has 1 amide bonds. The number of hydrogen-bond donors (Lipinski definition) is 3. The average Bonchev–Trinajstić information content (AvgIpc) is 2.49. The first-order chi connectivity index (χ1) is 10.5. The molecule has 6 heteroatoms. The number of nitrogens with zero attached hydrogens (tertiary/aromatic N) is 1. The number of anilines is 1. The lowest BCUT2D eigenvalue weighted by Gasteiger charge is -2.05. The molecule has 0 saturated heterocycles. The molecule has 0 heterocycles. The van der Waals surface area contributed by atoms with Crippen LogP contribution in [0.2, 0.25) is 5.02 Å². The first-order valence-electron chi connectivity index (χ1n) is 6.65. The highest BCUT2D eigenvalue weighted by Gasteiger charge is 2.01. The van der Waals surface area contributed by atoms with Crippen LogP contribution in [-0.2, 0) is 4.79 Å². The van der Waals surface area contributed by atoms with Crippen molar-refractivity contribution in [2.24, 2.45) is 5.10 Å². The Kier molecular flexibility index (Phi) is 5.38. The maximum atomic E-state index is 11.6. The fraction of sp³-hybridized carbons (Fsp3) is 0.125. The van der Waals surface area contributed by atoms with Gasteiger partial charge in [-0.25, -0.2) is 5.43 Å². The first-order valence-corrected chi connectivity index (χ1v) is 7.03. The second kappa shape index (κ2) is 7.47. The van der Waals surface area contributed by atoms with Gasteiger partial charge in [-0.15, -0.1) is 0 Å². The van der Waals surface area contributed by atoms with Crippen molar-refractivity contribution in [3.63, 3.8) is 0 Å². The first kappa shape index (κ1) is 15.9. The van der Waals surface area contributed by atoms with E-state index in [2.05, 4.69) is 15.8 Å². The molecular weight excluding hydrogens is 302 g/mol. The maximum absolute atomic E-state index is 11.6. The topological polar surface area (TPSA) is 73.7 Å². The number of phenols is 1. The summed E-state index contributed by atoms with van der Waals surface area (Å²) in [6, 6.07) is 12.2. The fourth-order valence-corrected chi connectivity index (χ4v) is 1.85. The van der Waals surface area contributed by atoms with Gasteiger partial charge in [-0.1, -0.05) is 17.7 Å². The Labute approximate surface area is 133 Å². The van der Waals surface area contributed by atoms with Gasteiger partial charge in [0.05, 0.1) is 12.8 Å².